The Labute approximate surface area is 118 Å². The lowest BCUT2D eigenvalue weighted by molar-refractivity contribution is 0.563. The molecule has 2 N–H and O–H groups in total. The molecule has 3 heteroatoms. The van der Waals surface area contributed by atoms with Crippen LogP contribution < -0.4 is 10.6 Å². The van der Waals surface area contributed by atoms with Gasteiger partial charge in [0.1, 0.15) is 11.6 Å². The van der Waals surface area contributed by atoms with Crippen LogP contribution in [0.5, 0.6) is 0 Å². The van der Waals surface area contributed by atoms with Crippen LogP contribution in [0.4, 0.5) is 11.6 Å². The van der Waals surface area contributed by atoms with Gasteiger partial charge in [-0.15, -0.1) is 0 Å². The number of hydrogen-bond donors (Lipinski definition) is 2. The average molecular weight is 263 g/mol. The molecule has 108 valence electrons. The zero-order chi connectivity index (χ0) is 13.9. The number of nitrogens with zero attached hydrogens (tertiary/aromatic N) is 1. The normalized spacial score (nSPS) is 12.2. The average Bonchev–Trinajstić information content (AvgIpc) is 2.43. The minimum atomic E-state index is 0.555. The Morgan fingerprint density at radius 1 is 1.00 bits per heavy atom. The third kappa shape index (κ3) is 6.46. The molecule has 1 aromatic heterocycles. The fourth-order valence-electron chi connectivity index (χ4n) is 2.16. The molecular formula is C16H29N3. The Morgan fingerprint density at radius 2 is 1.79 bits per heavy atom. The van der Waals surface area contributed by atoms with Crippen molar-refractivity contribution in [2.45, 2.75) is 65.3 Å². The minimum absolute atomic E-state index is 0.555. The molecule has 1 rings (SSSR count). The number of anilines is 2. The van der Waals surface area contributed by atoms with E-state index < -0.39 is 0 Å². The summed E-state index contributed by atoms with van der Waals surface area (Å²) in [7, 11) is 0. The van der Waals surface area contributed by atoms with E-state index in [1.807, 2.05) is 6.07 Å². The molecule has 0 spiro atoms. The van der Waals surface area contributed by atoms with Gasteiger partial charge in [0, 0.05) is 12.6 Å². The van der Waals surface area contributed by atoms with Gasteiger partial charge < -0.3 is 10.6 Å². The summed E-state index contributed by atoms with van der Waals surface area (Å²) in [6.07, 6.45) is 7.33. The Kier molecular flexibility index (Phi) is 8.03. The highest BCUT2D eigenvalue weighted by molar-refractivity contribution is 5.45. The van der Waals surface area contributed by atoms with Gasteiger partial charge in [0.2, 0.25) is 0 Å². The molecule has 1 aromatic rings. The molecule has 0 radical (unpaired) electrons. The number of unbranched alkanes of at least 4 members (excludes halogenated alkanes) is 1. The maximum Gasteiger partial charge on any atom is 0.128 e. The molecule has 0 saturated heterocycles. The molecule has 0 aliphatic heterocycles. The van der Waals surface area contributed by atoms with Gasteiger partial charge in [-0.25, -0.2) is 4.98 Å². The first-order chi connectivity index (χ1) is 9.30. The molecule has 0 bridgehead atoms. The summed E-state index contributed by atoms with van der Waals surface area (Å²) in [4.78, 5) is 4.62. The second-order valence-electron chi connectivity index (χ2n) is 5.11. The molecule has 19 heavy (non-hydrogen) atoms. The van der Waals surface area contributed by atoms with Crippen molar-refractivity contribution < 1.29 is 0 Å². The summed E-state index contributed by atoms with van der Waals surface area (Å²) in [5.74, 6) is 1.97. The van der Waals surface area contributed by atoms with E-state index in [2.05, 4.69) is 48.5 Å². The fraction of sp³-hybridized carbons (Fsp3) is 0.688. The largest absolute Gasteiger partial charge is 0.370 e. The maximum atomic E-state index is 4.62. The van der Waals surface area contributed by atoms with Gasteiger partial charge in [0.25, 0.3) is 0 Å². The monoisotopic (exact) mass is 263 g/mol. The summed E-state index contributed by atoms with van der Waals surface area (Å²) >= 11 is 0. The van der Waals surface area contributed by atoms with Gasteiger partial charge in [0.05, 0.1) is 0 Å². The highest BCUT2D eigenvalue weighted by Crippen LogP contribution is 2.15. The van der Waals surface area contributed by atoms with Crippen molar-refractivity contribution in [3.8, 4) is 0 Å². The lowest BCUT2D eigenvalue weighted by Gasteiger charge is -2.19. The van der Waals surface area contributed by atoms with Gasteiger partial charge in [-0.3, -0.25) is 0 Å². The van der Waals surface area contributed by atoms with Crippen molar-refractivity contribution >= 4 is 11.6 Å². The molecule has 0 aliphatic carbocycles. The highest BCUT2D eigenvalue weighted by atomic mass is 15.1. The highest BCUT2D eigenvalue weighted by Gasteiger charge is 2.07. The van der Waals surface area contributed by atoms with E-state index in [0.29, 0.717) is 6.04 Å². The molecule has 1 unspecified atom stereocenters. The quantitative estimate of drug-likeness (QED) is 0.644. The van der Waals surface area contributed by atoms with Crippen molar-refractivity contribution in [3.63, 3.8) is 0 Å². The van der Waals surface area contributed by atoms with Crippen LogP contribution in [0.1, 0.15) is 59.3 Å². The van der Waals surface area contributed by atoms with Crippen LogP contribution in [0.25, 0.3) is 0 Å². The van der Waals surface area contributed by atoms with Crippen molar-refractivity contribution in [2.24, 2.45) is 0 Å². The predicted molar refractivity (Wildman–Crippen MR) is 84.9 cm³/mol. The van der Waals surface area contributed by atoms with Gasteiger partial charge in [-0.1, -0.05) is 46.1 Å². The smallest absolute Gasteiger partial charge is 0.128 e. The Morgan fingerprint density at radius 3 is 2.47 bits per heavy atom. The Bertz CT molecular complexity index is 339. The number of rotatable bonds is 10. The first kappa shape index (κ1) is 15.8. The number of hydrogen-bond acceptors (Lipinski definition) is 3. The summed E-state index contributed by atoms with van der Waals surface area (Å²) in [6, 6.07) is 6.71. The molecule has 0 aromatic carbocycles. The van der Waals surface area contributed by atoms with Crippen LogP contribution in [0, 0.1) is 0 Å². The molecule has 0 aliphatic rings. The molecule has 0 fully saturated rings. The van der Waals surface area contributed by atoms with E-state index >= 15 is 0 Å². The SMILES string of the molecule is CCCCC(CCC)Nc1cccc(NCCC)n1. The zero-order valence-electron chi connectivity index (χ0n) is 12.7. The number of aromatic nitrogens is 1. The van der Waals surface area contributed by atoms with Crippen LogP contribution in [0.2, 0.25) is 0 Å². The standard InChI is InChI=1S/C16H29N3/c1-4-7-10-14(9-5-2)18-16-12-8-11-15(19-16)17-13-6-3/h8,11-12,14H,4-7,9-10,13H2,1-3H3,(H2,17,18,19). The maximum absolute atomic E-state index is 4.62. The molecule has 3 nitrogen and oxygen atoms in total. The van der Waals surface area contributed by atoms with E-state index in [1.54, 1.807) is 0 Å². The van der Waals surface area contributed by atoms with Crippen LogP contribution in [-0.2, 0) is 0 Å². The first-order valence-corrected chi connectivity index (χ1v) is 7.77. The molecule has 1 atom stereocenters. The lowest BCUT2D eigenvalue weighted by atomic mass is 10.1. The minimum Gasteiger partial charge on any atom is -0.370 e. The van der Waals surface area contributed by atoms with Crippen LogP contribution >= 0.6 is 0 Å². The van der Waals surface area contributed by atoms with Crippen LogP contribution in [0.15, 0.2) is 18.2 Å². The van der Waals surface area contributed by atoms with Crippen LogP contribution in [-0.4, -0.2) is 17.6 Å². The van der Waals surface area contributed by atoms with E-state index in [0.717, 1.165) is 24.6 Å². The van der Waals surface area contributed by atoms with Crippen LogP contribution in [0.3, 0.4) is 0 Å². The van der Waals surface area contributed by atoms with E-state index in [-0.39, 0.29) is 0 Å². The number of nitrogens with one attached hydrogen (secondary N) is 2. The van der Waals surface area contributed by atoms with Gasteiger partial charge in [0.15, 0.2) is 0 Å². The Balaban J connectivity index is 2.56. The molecule has 0 saturated carbocycles. The Hall–Kier alpha value is -1.25. The van der Waals surface area contributed by atoms with Gasteiger partial charge >= 0.3 is 0 Å². The molecule has 1 heterocycles. The second kappa shape index (κ2) is 9.65. The fourth-order valence-corrected chi connectivity index (χ4v) is 2.16. The third-order valence-corrected chi connectivity index (χ3v) is 3.20. The van der Waals surface area contributed by atoms with E-state index in [4.69, 9.17) is 0 Å². The van der Waals surface area contributed by atoms with E-state index in [9.17, 15) is 0 Å². The number of pyridine rings is 1. The predicted octanol–water partition coefficient (Wildman–Crippen LogP) is 4.67. The summed E-state index contributed by atoms with van der Waals surface area (Å²) < 4.78 is 0. The zero-order valence-corrected chi connectivity index (χ0v) is 12.7. The van der Waals surface area contributed by atoms with Gasteiger partial charge in [-0.05, 0) is 31.4 Å². The molecule has 0 amide bonds. The summed E-state index contributed by atoms with van der Waals surface area (Å²) in [5, 5.41) is 6.91. The molecular weight excluding hydrogens is 234 g/mol. The van der Waals surface area contributed by atoms with Gasteiger partial charge in [-0.2, -0.15) is 0 Å². The summed E-state index contributed by atoms with van der Waals surface area (Å²) in [6.45, 7) is 7.63. The topological polar surface area (TPSA) is 37.0 Å². The lowest BCUT2D eigenvalue weighted by Crippen LogP contribution is -2.20. The first-order valence-electron chi connectivity index (χ1n) is 7.77. The van der Waals surface area contributed by atoms with E-state index in [1.165, 1.54) is 32.1 Å². The third-order valence-electron chi connectivity index (χ3n) is 3.20. The van der Waals surface area contributed by atoms with Crippen molar-refractivity contribution in [1.82, 2.24) is 4.98 Å². The van der Waals surface area contributed by atoms with Crippen molar-refractivity contribution in [1.29, 1.82) is 0 Å². The van der Waals surface area contributed by atoms with Crippen molar-refractivity contribution in [3.05, 3.63) is 18.2 Å². The van der Waals surface area contributed by atoms with Crippen molar-refractivity contribution in [2.75, 3.05) is 17.2 Å². The summed E-state index contributed by atoms with van der Waals surface area (Å²) in [5.41, 5.74) is 0. The second-order valence-corrected chi connectivity index (χ2v) is 5.11.